The van der Waals surface area contributed by atoms with Gasteiger partial charge in [0.25, 0.3) is 0 Å². The maximum Gasteiger partial charge on any atom is 0.332 e. The van der Waals surface area contributed by atoms with Gasteiger partial charge in [-0.2, -0.15) is 0 Å². The summed E-state index contributed by atoms with van der Waals surface area (Å²) in [5, 5.41) is 0.644. The standard InChI is InChI=1S/C14H19ClO3/c1-11(2)7-8-18-14(16)10-17-9-12-5-3-4-6-13(12)15/h3-6,11H,7-10H2,1-2H3. The highest BCUT2D eigenvalue weighted by atomic mass is 35.5. The fraction of sp³-hybridized carbons (Fsp3) is 0.500. The van der Waals surface area contributed by atoms with Crippen LogP contribution in [0.25, 0.3) is 0 Å². The predicted octanol–water partition coefficient (Wildman–Crippen LogP) is 3.45. The molecule has 0 aliphatic carbocycles. The Morgan fingerprint density at radius 2 is 2.06 bits per heavy atom. The molecule has 0 N–H and O–H groups in total. The van der Waals surface area contributed by atoms with Crippen LogP contribution >= 0.6 is 11.6 Å². The zero-order chi connectivity index (χ0) is 13.4. The molecule has 1 rings (SSSR count). The number of ether oxygens (including phenoxy) is 2. The van der Waals surface area contributed by atoms with Gasteiger partial charge in [-0.25, -0.2) is 4.79 Å². The minimum atomic E-state index is -0.331. The largest absolute Gasteiger partial charge is 0.464 e. The highest BCUT2D eigenvalue weighted by molar-refractivity contribution is 6.31. The average molecular weight is 271 g/mol. The molecule has 0 heterocycles. The lowest BCUT2D eigenvalue weighted by Crippen LogP contribution is -2.14. The molecule has 0 saturated heterocycles. The molecule has 0 aliphatic rings. The Balaban J connectivity index is 2.18. The molecule has 0 saturated carbocycles. The zero-order valence-corrected chi connectivity index (χ0v) is 11.6. The Hall–Kier alpha value is -1.06. The number of benzene rings is 1. The summed E-state index contributed by atoms with van der Waals surface area (Å²) in [5.41, 5.74) is 0.870. The first-order chi connectivity index (χ1) is 8.59. The maximum absolute atomic E-state index is 11.3. The molecule has 100 valence electrons. The first-order valence-corrected chi connectivity index (χ1v) is 6.44. The van der Waals surface area contributed by atoms with E-state index in [0.717, 1.165) is 12.0 Å². The molecule has 0 bridgehead atoms. The summed E-state index contributed by atoms with van der Waals surface area (Å²) >= 11 is 5.96. The lowest BCUT2D eigenvalue weighted by molar-refractivity contribution is -0.149. The van der Waals surface area contributed by atoms with Gasteiger partial charge in [0.15, 0.2) is 0 Å². The SMILES string of the molecule is CC(C)CCOC(=O)COCc1ccccc1Cl. The van der Waals surface area contributed by atoms with E-state index in [4.69, 9.17) is 21.1 Å². The van der Waals surface area contributed by atoms with Gasteiger partial charge in [-0.15, -0.1) is 0 Å². The number of hydrogen-bond donors (Lipinski definition) is 0. The number of hydrogen-bond acceptors (Lipinski definition) is 3. The van der Waals surface area contributed by atoms with Crippen LogP contribution in [0.3, 0.4) is 0 Å². The fourth-order valence-electron chi connectivity index (χ4n) is 1.31. The summed E-state index contributed by atoms with van der Waals surface area (Å²) in [7, 11) is 0. The van der Waals surface area contributed by atoms with Crippen LogP contribution in [0.4, 0.5) is 0 Å². The van der Waals surface area contributed by atoms with Gasteiger partial charge >= 0.3 is 5.97 Å². The van der Waals surface area contributed by atoms with Gasteiger partial charge in [0, 0.05) is 5.02 Å². The molecule has 0 amide bonds. The van der Waals surface area contributed by atoms with Crippen LogP contribution in [0.2, 0.25) is 5.02 Å². The van der Waals surface area contributed by atoms with Gasteiger partial charge in [-0.1, -0.05) is 43.6 Å². The Labute approximate surface area is 113 Å². The van der Waals surface area contributed by atoms with Crippen molar-refractivity contribution < 1.29 is 14.3 Å². The van der Waals surface area contributed by atoms with E-state index in [1.54, 1.807) is 6.07 Å². The van der Waals surface area contributed by atoms with Gasteiger partial charge in [-0.05, 0) is 24.0 Å². The third kappa shape index (κ3) is 6.03. The average Bonchev–Trinajstić information content (AvgIpc) is 2.31. The minimum absolute atomic E-state index is 0.0384. The summed E-state index contributed by atoms with van der Waals surface area (Å²) < 4.78 is 10.3. The molecule has 1 aromatic rings. The normalized spacial score (nSPS) is 10.7. The van der Waals surface area contributed by atoms with E-state index in [2.05, 4.69) is 13.8 Å². The van der Waals surface area contributed by atoms with Crippen molar-refractivity contribution in [3.8, 4) is 0 Å². The molecular weight excluding hydrogens is 252 g/mol. The van der Waals surface area contributed by atoms with Crippen molar-refractivity contribution in [3.05, 3.63) is 34.9 Å². The lowest BCUT2D eigenvalue weighted by atomic mass is 10.1. The molecule has 0 unspecified atom stereocenters. The second-order valence-electron chi connectivity index (χ2n) is 4.49. The molecule has 4 heteroatoms. The van der Waals surface area contributed by atoms with Crippen LogP contribution in [0.15, 0.2) is 24.3 Å². The molecule has 0 fully saturated rings. The maximum atomic E-state index is 11.3. The minimum Gasteiger partial charge on any atom is -0.464 e. The molecule has 0 spiro atoms. The van der Waals surface area contributed by atoms with E-state index in [9.17, 15) is 4.79 Å². The molecule has 0 atom stereocenters. The summed E-state index contributed by atoms with van der Waals surface area (Å²) in [6, 6.07) is 7.39. The molecule has 1 aromatic carbocycles. The van der Waals surface area contributed by atoms with Crippen LogP contribution in [0.5, 0.6) is 0 Å². The van der Waals surface area contributed by atoms with Crippen molar-refractivity contribution in [1.29, 1.82) is 0 Å². The quantitative estimate of drug-likeness (QED) is 0.712. The van der Waals surface area contributed by atoms with Crippen molar-refractivity contribution in [3.63, 3.8) is 0 Å². The number of carbonyl (C=O) groups excluding carboxylic acids is 1. The van der Waals surface area contributed by atoms with E-state index in [1.165, 1.54) is 0 Å². The summed E-state index contributed by atoms with van der Waals surface area (Å²) in [6.45, 7) is 4.90. The Bertz CT molecular complexity index is 377. The van der Waals surface area contributed by atoms with Crippen molar-refractivity contribution in [2.75, 3.05) is 13.2 Å². The van der Waals surface area contributed by atoms with Crippen LogP contribution in [0, 0.1) is 5.92 Å². The van der Waals surface area contributed by atoms with E-state index in [1.807, 2.05) is 18.2 Å². The molecule has 0 aromatic heterocycles. The van der Waals surface area contributed by atoms with Gasteiger partial charge in [0.05, 0.1) is 13.2 Å². The Kier molecular flexibility index (Phi) is 6.76. The number of carbonyl (C=O) groups is 1. The third-order valence-corrected chi connectivity index (χ3v) is 2.76. The highest BCUT2D eigenvalue weighted by Gasteiger charge is 2.05. The summed E-state index contributed by atoms with van der Waals surface area (Å²) in [5.74, 6) is 0.199. The number of esters is 1. The van der Waals surface area contributed by atoms with Crippen LogP contribution in [-0.4, -0.2) is 19.2 Å². The van der Waals surface area contributed by atoms with Crippen molar-refractivity contribution >= 4 is 17.6 Å². The van der Waals surface area contributed by atoms with Gasteiger partial charge in [0.2, 0.25) is 0 Å². The lowest BCUT2D eigenvalue weighted by Gasteiger charge is -2.08. The van der Waals surface area contributed by atoms with Crippen molar-refractivity contribution in [2.24, 2.45) is 5.92 Å². The van der Waals surface area contributed by atoms with Gasteiger partial charge < -0.3 is 9.47 Å². The molecular formula is C14H19ClO3. The third-order valence-electron chi connectivity index (χ3n) is 2.39. The highest BCUT2D eigenvalue weighted by Crippen LogP contribution is 2.15. The smallest absolute Gasteiger partial charge is 0.332 e. The van der Waals surface area contributed by atoms with Crippen molar-refractivity contribution in [2.45, 2.75) is 26.9 Å². The topological polar surface area (TPSA) is 35.5 Å². The monoisotopic (exact) mass is 270 g/mol. The van der Waals surface area contributed by atoms with E-state index in [0.29, 0.717) is 24.2 Å². The van der Waals surface area contributed by atoms with Gasteiger partial charge in [0.1, 0.15) is 6.61 Å². The van der Waals surface area contributed by atoms with Gasteiger partial charge in [-0.3, -0.25) is 0 Å². The Morgan fingerprint density at radius 3 is 2.72 bits per heavy atom. The molecule has 3 nitrogen and oxygen atoms in total. The van der Waals surface area contributed by atoms with E-state index >= 15 is 0 Å². The fourth-order valence-corrected chi connectivity index (χ4v) is 1.50. The molecule has 0 radical (unpaired) electrons. The summed E-state index contributed by atoms with van der Waals surface area (Å²) in [4.78, 5) is 11.3. The van der Waals surface area contributed by atoms with Crippen LogP contribution < -0.4 is 0 Å². The Morgan fingerprint density at radius 1 is 1.33 bits per heavy atom. The van der Waals surface area contributed by atoms with E-state index < -0.39 is 0 Å². The molecule has 18 heavy (non-hydrogen) atoms. The predicted molar refractivity (Wildman–Crippen MR) is 71.5 cm³/mol. The second kappa shape index (κ2) is 8.11. The van der Waals surface area contributed by atoms with E-state index in [-0.39, 0.29) is 12.6 Å². The first kappa shape index (κ1) is 15.0. The second-order valence-corrected chi connectivity index (χ2v) is 4.89. The van der Waals surface area contributed by atoms with Crippen molar-refractivity contribution in [1.82, 2.24) is 0 Å². The summed E-state index contributed by atoms with van der Waals surface area (Å²) in [6.07, 6.45) is 0.871. The van der Waals surface area contributed by atoms with Crippen LogP contribution in [-0.2, 0) is 20.9 Å². The molecule has 0 aliphatic heterocycles. The first-order valence-electron chi connectivity index (χ1n) is 6.06. The number of rotatable bonds is 7. The number of halogens is 1. The zero-order valence-electron chi connectivity index (χ0n) is 10.8. The van der Waals surface area contributed by atoms with Crippen LogP contribution in [0.1, 0.15) is 25.8 Å².